The molecule has 0 aliphatic rings. The third kappa shape index (κ3) is 2.98. The van der Waals surface area contributed by atoms with Gasteiger partial charge in [-0.2, -0.15) is 0 Å². The van der Waals surface area contributed by atoms with Crippen LogP contribution in [0.2, 0.25) is 0 Å². The predicted octanol–water partition coefficient (Wildman–Crippen LogP) is 4.11. The molecule has 5 heteroatoms. The molecule has 19 heavy (non-hydrogen) atoms. The normalized spacial score (nSPS) is 12.5. The van der Waals surface area contributed by atoms with Crippen molar-refractivity contribution in [3.05, 3.63) is 69.4 Å². The maximum atomic E-state index is 13.5. The van der Waals surface area contributed by atoms with Crippen LogP contribution in [0.1, 0.15) is 17.2 Å². The molecule has 0 bridgehead atoms. The highest BCUT2D eigenvalue weighted by atomic mass is 79.9. The Hall–Kier alpha value is -1.33. The van der Waals surface area contributed by atoms with E-state index in [1.807, 2.05) is 0 Å². The Morgan fingerprint density at radius 1 is 0.947 bits per heavy atom. The van der Waals surface area contributed by atoms with Crippen molar-refractivity contribution in [1.29, 1.82) is 0 Å². The summed E-state index contributed by atoms with van der Waals surface area (Å²) >= 11 is 3.09. The summed E-state index contributed by atoms with van der Waals surface area (Å²) in [5.41, 5.74) is 6.29. The van der Waals surface area contributed by atoms with Crippen molar-refractivity contribution in [3.8, 4) is 0 Å². The van der Waals surface area contributed by atoms with Crippen LogP contribution < -0.4 is 5.73 Å². The molecule has 0 aromatic heterocycles. The van der Waals surface area contributed by atoms with Gasteiger partial charge in [0.05, 0.1) is 4.47 Å². The van der Waals surface area contributed by atoms with Gasteiger partial charge in [0.1, 0.15) is 17.5 Å². The molecule has 2 rings (SSSR count). The standard InChI is InChI=1S/C14H11BrF3N/c15-14-8(3-1-6-12(14)18)13(19)7-9-10(16)4-2-5-11(9)17/h1-6,13H,7,19H2. The van der Waals surface area contributed by atoms with Gasteiger partial charge in [-0.3, -0.25) is 0 Å². The lowest BCUT2D eigenvalue weighted by molar-refractivity contribution is 0.538. The van der Waals surface area contributed by atoms with Gasteiger partial charge in [-0.05, 0) is 46.1 Å². The first-order chi connectivity index (χ1) is 9.00. The number of hydrogen-bond donors (Lipinski definition) is 1. The van der Waals surface area contributed by atoms with Gasteiger partial charge >= 0.3 is 0 Å². The van der Waals surface area contributed by atoms with Crippen LogP contribution in [0, 0.1) is 17.5 Å². The van der Waals surface area contributed by atoms with Crippen LogP contribution in [0.4, 0.5) is 13.2 Å². The molecular weight excluding hydrogens is 319 g/mol. The second kappa shape index (κ2) is 5.75. The first kappa shape index (κ1) is 14.1. The average Bonchev–Trinajstić information content (AvgIpc) is 2.37. The molecule has 0 spiro atoms. The van der Waals surface area contributed by atoms with E-state index < -0.39 is 23.5 Å². The minimum absolute atomic E-state index is 0.0411. The minimum atomic E-state index is -0.698. The molecule has 2 aromatic rings. The fourth-order valence-corrected chi connectivity index (χ4v) is 2.42. The van der Waals surface area contributed by atoms with Gasteiger partial charge in [-0.25, -0.2) is 13.2 Å². The summed E-state index contributed by atoms with van der Waals surface area (Å²) < 4.78 is 40.7. The van der Waals surface area contributed by atoms with Gasteiger partial charge in [0, 0.05) is 11.6 Å². The van der Waals surface area contributed by atoms with Crippen molar-refractivity contribution in [2.45, 2.75) is 12.5 Å². The zero-order valence-corrected chi connectivity index (χ0v) is 11.4. The van der Waals surface area contributed by atoms with Crippen LogP contribution in [0.25, 0.3) is 0 Å². The summed E-state index contributed by atoms with van der Waals surface area (Å²) in [7, 11) is 0. The number of nitrogens with two attached hydrogens (primary N) is 1. The van der Waals surface area contributed by atoms with Gasteiger partial charge in [0.2, 0.25) is 0 Å². The smallest absolute Gasteiger partial charge is 0.137 e. The summed E-state index contributed by atoms with van der Waals surface area (Å²) in [6, 6.07) is 7.35. The lowest BCUT2D eigenvalue weighted by Crippen LogP contribution is -2.16. The summed E-state index contributed by atoms with van der Waals surface area (Å²) in [5.74, 6) is -1.76. The van der Waals surface area contributed by atoms with Crippen molar-refractivity contribution in [1.82, 2.24) is 0 Å². The molecular formula is C14H11BrF3N. The van der Waals surface area contributed by atoms with Gasteiger partial charge in [-0.1, -0.05) is 18.2 Å². The van der Waals surface area contributed by atoms with Crippen molar-refractivity contribution >= 4 is 15.9 Å². The molecule has 1 unspecified atom stereocenters. The summed E-state index contributed by atoms with van der Waals surface area (Å²) in [4.78, 5) is 0. The Morgan fingerprint density at radius 2 is 1.47 bits per heavy atom. The fourth-order valence-electron chi connectivity index (χ4n) is 1.86. The van der Waals surface area contributed by atoms with Gasteiger partial charge in [-0.15, -0.1) is 0 Å². The molecule has 2 N–H and O–H groups in total. The van der Waals surface area contributed by atoms with Crippen molar-refractivity contribution in [2.24, 2.45) is 5.73 Å². The van der Waals surface area contributed by atoms with Crippen LogP contribution in [0.3, 0.4) is 0 Å². The molecule has 0 fully saturated rings. The highest BCUT2D eigenvalue weighted by Crippen LogP contribution is 2.28. The molecule has 0 saturated carbocycles. The fraction of sp³-hybridized carbons (Fsp3) is 0.143. The van der Waals surface area contributed by atoms with E-state index in [1.54, 1.807) is 6.07 Å². The first-order valence-electron chi connectivity index (χ1n) is 5.63. The minimum Gasteiger partial charge on any atom is -0.324 e. The maximum absolute atomic E-state index is 13.5. The highest BCUT2D eigenvalue weighted by Gasteiger charge is 2.17. The molecule has 0 saturated heterocycles. The second-order valence-electron chi connectivity index (χ2n) is 4.15. The van der Waals surface area contributed by atoms with Crippen molar-refractivity contribution < 1.29 is 13.2 Å². The Labute approximate surface area is 117 Å². The largest absolute Gasteiger partial charge is 0.324 e. The van der Waals surface area contributed by atoms with Gasteiger partial charge in [0.25, 0.3) is 0 Å². The summed E-state index contributed by atoms with van der Waals surface area (Å²) in [6.07, 6.45) is -0.0411. The van der Waals surface area contributed by atoms with E-state index in [4.69, 9.17) is 5.73 Å². The molecule has 2 aromatic carbocycles. The van der Waals surface area contributed by atoms with E-state index in [1.165, 1.54) is 30.3 Å². The van der Waals surface area contributed by atoms with Gasteiger partial charge in [0.15, 0.2) is 0 Å². The Kier molecular flexibility index (Phi) is 4.27. The van der Waals surface area contributed by atoms with Crippen LogP contribution in [0.5, 0.6) is 0 Å². The van der Waals surface area contributed by atoms with E-state index >= 15 is 0 Å². The molecule has 0 aliphatic carbocycles. The van der Waals surface area contributed by atoms with E-state index in [-0.39, 0.29) is 16.5 Å². The van der Waals surface area contributed by atoms with E-state index in [0.29, 0.717) is 5.56 Å². The third-order valence-electron chi connectivity index (χ3n) is 2.87. The number of benzene rings is 2. The highest BCUT2D eigenvalue weighted by molar-refractivity contribution is 9.10. The predicted molar refractivity (Wildman–Crippen MR) is 71.1 cm³/mol. The first-order valence-corrected chi connectivity index (χ1v) is 6.42. The molecule has 1 nitrogen and oxygen atoms in total. The zero-order chi connectivity index (χ0) is 14.0. The summed E-state index contributed by atoms with van der Waals surface area (Å²) in [5, 5.41) is 0. The van der Waals surface area contributed by atoms with E-state index in [2.05, 4.69) is 15.9 Å². The number of hydrogen-bond acceptors (Lipinski definition) is 1. The molecule has 0 amide bonds. The Bertz CT molecular complexity index is 581. The van der Waals surface area contributed by atoms with Gasteiger partial charge < -0.3 is 5.73 Å². The van der Waals surface area contributed by atoms with E-state index in [9.17, 15) is 13.2 Å². The molecule has 100 valence electrons. The quantitative estimate of drug-likeness (QED) is 0.901. The van der Waals surface area contributed by atoms with Crippen LogP contribution in [0.15, 0.2) is 40.9 Å². The van der Waals surface area contributed by atoms with Crippen LogP contribution in [-0.4, -0.2) is 0 Å². The summed E-state index contributed by atoms with van der Waals surface area (Å²) in [6.45, 7) is 0. The molecule has 0 heterocycles. The van der Waals surface area contributed by atoms with Crippen molar-refractivity contribution in [2.75, 3.05) is 0 Å². The monoisotopic (exact) mass is 329 g/mol. The lowest BCUT2D eigenvalue weighted by Gasteiger charge is -2.15. The topological polar surface area (TPSA) is 26.0 Å². The average molecular weight is 330 g/mol. The Morgan fingerprint density at radius 3 is 2.11 bits per heavy atom. The molecule has 0 radical (unpaired) electrons. The molecule has 1 atom stereocenters. The number of rotatable bonds is 3. The SMILES string of the molecule is NC(Cc1c(F)cccc1F)c1cccc(F)c1Br. The second-order valence-corrected chi connectivity index (χ2v) is 4.95. The van der Waals surface area contributed by atoms with Crippen LogP contribution in [-0.2, 0) is 6.42 Å². The maximum Gasteiger partial charge on any atom is 0.137 e. The third-order valence-corrected chi connectivity index (χ3v) is 3.70. The van der Waals surface area contributed by atoms with Crippen LogP contribution >= 0.6 is 15.9 Å². The van der Waals surface area contributed by atoms with E-state index in [0.717, 1.165) is 0 Å². The Balaban J connectivity index is 2.31. The lowest BCUT2D eigenvalue weighted by atomic mass is 9.99. The number of halogens is 4. The zero-order valence-electron chi connectivity index (χ0n) is 9.84. The molecule has 0 aliphatic heterocycles. The van der Waals surface area contributed by atoms with Crippen molar-refractivity contribution in [3.63, 3.8) is 0 Å².